The third-order valence-corrected chi connectivity index (χ3v) is 7.53. The summed E-state index contributed by atoms with van der Waals surface area (Å²) in [6.07, 6.45) is 6.10. The average molecular weight is 454 g/mol. The van der Waals surface area contributed by atoms with Gasteiger partial charge in [0, 0.05) is 24.8 Å². The topological polar surface area (TPSA) is 123 Å². The summed E-state index contributed by atoms with van der Waals surface area (Å²) in [4.78, 5) is 14.0. The zero-order valence-electron chi connectivity index (χ0n) is 17.7. The molecule has 2 heterocycles. The predicted octanol–water partition coefficient (Wildman–Crippen LogP) is 2.61. The van der Waals surface area contributed by atoms with Gasteiger partial charge in [-0.25, -0.2) is 9.97 Å². The van der Waals surface area contributed by atoms with Crippen LogP contribution >= 0.6 is 11.3 Å². The van der Waals surface area contributed by atoms with Crippen molar-refractivity contribution in [3.05, 3.63) is 30.5 Å². The van der Waals surface area contributed by atoms with E-state index in [0.29, 0.717) is 24.2 Å². The summed E-state index contributed by atoms with van der Waals surface area (Å²) in [6, 6.07) is 9.63. The number of hydrogen-bond donors (Lipinski definition) is 5. The predicted molar refractivity (Wildman–Crippen MR) is 123 cm³/mol. The lowest BCUT2D eigenvalue weighted by atomic mass is 9.96. The standard InChI is InChI=1S/C23H27N5O3S/c29-12-13-10-17(20(31)19(13)30)26-21-15(22-27-16-8-4-5-9-18(16)32-22)11-24-23(28-21)25-14-6-2-1-3-7-14/h5,9,11,13-14,17,19-20,29-31H,1-3,6-7,10,12H2,(H2,24,25,26,28)/t13-,17-,19-,20+/m1/s1. The molecule has 1 aromatic carbocycles. The van der Waals surface area contributed by atoms with Gasteiger partial charge in [0.05, 0.1) is 22.4 Å². The molecule has 168 valence electrons. The van der Waals surface area contributed by atoms with Crippen molar-refractivity contribution in [2.75, 3.05) is 17.2 Å². The fourth-order valence-corrected chi connectivity index (χ4v) is 5.58. The van der Waals surface area contributed by atoms with E-state index in [4.69, 9.17) is 4.98 Å². The van der Waals surface area contributed by atoms with Gasteiger partial charge in [-0.15, -0.1) is 11.3 Å². The van der Waals surface area contributed by atoms with E-state index >= 15 is 0 Å². The Morgan fingerprint density at radius 2 is 1.94 bits per heavy atom. The first-order chi connectivity index (χ1) is 15.6. The van der Waals surface area contributed by atoms with E-state index in [1.807, 2.05) is 12.1 Å². The minimum atomic E-state index is -0.997. The van der Waals surface area contributed by atoms with Crippen LogP contribution in [0.1, 0.15) is 38.5 Å². The van der Waals surface area contributed by atoms with Gasteiger partial charge in [-0.05, 0) is 37.5 Å². The van der Waals surface area contributed by atoms with Crippen molar-refractivity contribution in [2.24, 2.45) is 5.92 Å². The lowest BCUT2D eigenvalue weighted by molar-refractivity contribution is 0.00446. The zero-order chi connectivity index (χ0) is 22.1. The smallest absolute Gasteiger partial charge is 0.224 e. The van der Waals surface area contributed by atoms with E-state index in [1.54, 1.807) is 6.20 Å². The second kappa shape index (κ2) is 9.16. The molecular formula is C23H27N5O3S. The van der Waals surface area contributed by atoms with Crippen molar-refractivity contribution in [1.82, 2.24) is 15.0 Å². The van der Waals surface area contributed by atoms with Gasteiger partial charge in [-0.1, -0.05) is 25.3 Å². The number of aliphatic hydroxyl groups excluding tert-OH is 3. The molecule has 8 nitrogen and oxygen atoms in total. The molecule has 4 atom stereocenters. The lowest BCUT2D eigenvalue weighted by Gasteiger charge is -2.24. The Labute approximate surface area is 190 Å². The van der Waals surface area contributed by atoms with Crippen LogP contribution in [0.4, 0.5) is 11.8 Å². The second-order valence-corrected chi connectivity index (χ2v) is 9.71. The SMILES string of the molecule is OC[C@H]1C[C@@H](Nc2nc(NC3CCCCC3)ncc2-c2nc3c#cccc3s2)[C@H](O)[C@@H]1O. The summed E-state index contributed by atoms with van der Waals surface area (Å²) in [7, 11) is 0. The first-order valence-corrected chi connectivity index (χ1v) is 12.0. The number of rotatable bonds is 6. The van der Waals surface area contributed by atoms with Crippen LogP contribution in [0.2, 0.25) is 0 Å². The first kappa shape index (κ1) is 21.3. The van der Waals surface area contributed by atoms with Crippen LogP contribution in [0, 0.1) is 18.1 Å². The van der Waals surface area contributed by atoms with Gasteiger partial charge < -0.3 is 26.0 Å². The number of fused-ring (bicyclic) bond motifs is 1. The summed E-state index contributed by atoms with van der Waals surface area (Å²) in [5.41, 5.74) is 1.46. The molecule has 3 aromatic rings. The van der Waals surface area contributed by atoms with E-state index in [2.05, 4.69) is 32.7 Å². The fraction of sp³-hybridized carbons (Fsp3) is 0.522. The van der Waals surface area contributed by atoms with E-state index < -0.39 is 18.2 Å². The monoisotopic (exact) mass is 453 g/mol. The van der Waals surface area contributed by atoms with Crippen LogP contribution in [0.5, 0.6) is 0 Å². The molecule has 2 aliphatic rings. The highest BCUT2D eigenvalue weighted by Crippen LogP contribution is 2.36. The molecule has 32 heavy (non-hydrogen) atoms. The maximum atomic E-state index is 10.5. The van der Waals surface area contributed by atoms with E-state index in [-0.39, 0.29) is 12.5 Å². The molecule has 9 heteroatoms. The lowest BCUT2D eigenvalue weighted by Crippen LogP contribution is -2.35. The molecule has 0 unspecified atom stereocenters. The minimum absolute atomic E-state index is 0.175. The van der Waals surface area contributed by atoms with Crippen molar-refractivity contribution < 1.29 is 15.3 Å². The third kappa shape index (κ3) is 4.24. The molecule has 2 aliphatic carbocycles. The fourth-order valence-electron chi connectivity index (χ4n) is 4.65. The Hall–Kier alpha value is -2.51. The van der Waals surface area contributed by atoms with Gasteiger partial charge in [0.1, 0.15) is 22.4 Å². The summed E-state index contributed by atoms with van der Waals surface area (Å²) in [5.74, 6) is 0.715. The summed E-state index contributed by atoms with van der Waals surface area (Å²) in [6.45, 7) is -0.175. The number of aromatic nitrogens is 3. The van der Waals surface area contributed by atoms with Crippen molar-refractivity contribution in [1.29, 1.82) is 0 Å². The summed E-state index contributed by atoms with van der Waals surface area (Å²) in [5, 5.41) is 37.8. The molecule has 0 spiro atoms. The highest BCUT2D eigenvalue weighted by Gasteiger charge is 2.41. The number of nitrogens with zero attached hydrogens (tertiary/aromatic N) is 3. The van der Waals surface area contributed by atoms with Crippen LogP contribution in [0.25, 0.3) is 20.8 Å². The van der Waals surface area contributed by atoms with Gasteiger partial charge >= 0.3 is 0 Å². The highest BCUT2D eigenvalue weighted by atomic mass is 32.1. The molecule has 0 bridgehead atoms. The molecule has 2 saturated carbocycles. The number of anilines is 2. The van der Waals surface area contributed by atoms with Gasteiger partial charge in [0.2, 0.25) is 5.95 Å². The van der Waals surface area contributed by atoms with Crippen LogP contribution in [0.3, 0.4) is 0 Å². The van der Waals surface area contributed by atoms with Gasteiger partial charge in [0.25, 0.3) is 0 Å². The molecule has 2 fully saturated rings. The molecule has 0 amide bonds. The zero-order valence-corrected chi connectivity index (χ0v) is 18.5. The first-order valence-electron chi connectivity index (χ1n) is 11.2. The highest BCUT2D eigenvalue weighted by molar-refractivity contribution is 7.21. The Bertz CT molecular complexity index is 1040. The van der Waals surface area contributed by atoms with Crippen molar-refractivity contribution in [2.45, 2.75) is 62.8 Å². The van der Waals surface area contributed by atoms with Crippen LogP contribution in [0.15, 0.2) is 18.3 Å². The quantitative estimate of drug-likeness (QED) is 0.386. The molecule has 0 saturated heterocycles. The van der Waals surface area contributed by atoms with Crippen molar-refractivity contribution in [3.63, 3.8) is 0 Å². The largest absolute Gasteiger partial charge is 0.396 e. The van der Waals surface area contributed by atoms with Gasteiger partial charge in [0.15, 0.2) is 0 Å². The molecule has 5 N–H and O–H groups in total. The maximum absolute atomic E-state index is 10.5. The van der Waals surface area contributed by atoms with E-state index in [9.17, 15) is 15.3 Å². The minimum Gasteiger partial charge on any atom is -0.396 e. The Morgan fingerprint density at radius 3 is 2.69 bits per heavy atom. The molecule has 5 rings (SSSR count). The van der Waals surface area contributed by atoms with Gasteiger partial charge in [-0.3, -0.25) is 0 Å². The molecule has 0 aliphatic heterocycles. The third-order valence-electron chi connectivity index (χ3n) is 6.48. The van der Waals surface area contributed by atoms with Crippen LogP contribution < -0.4 is 10.6 Å². The number of thiazole rings is 1. The molecule has 2 aromatic heterocycles. The number of aliphatic hydroxyl groups is 3. The van der Waals surface area contributed by atoms with Crippen LogP contribution in [-0.4, -0.2) is 61.2 Å². The van der Waals surface area contributed by atoms with Crippen LogP contribution in [-0.2, 0) is 0 Å². The number of nitrogens with one attached hydrogen (secondary N) is 2. The summed E-state index contributed by atoms with van der Waals surface area (Å²) < 4.78 is 0.991. The van der Waals surface area contributed by atoms with Crippen molar-refractivity contribution in [3.8, 4) is 10.6 Å². The summed E-state index contributed by atoms with van der Waals surface area (Å²) >= 11 is 1.52. The maximum Gasteiger partial charge on any atom is 0.224 e. The average Bonchev–Trinajstić information content (AvgIpc) is 3.36. The Kier molecular flexibility index (Phi) is 6.11. The normalized spacial score (nSPS) is 26.2. The molecular weight excluding hydrogens is 426 g/mol. The van der Waals surface area contributed by atoms with Crippen molar-refractivity contribution >= 4 is 33.3 Å². The Morgan fingerprint density at radius 1 is 1.09 bits per heavy atom. The second-order valence-electron chi connectivity index (χ2n) is 8.68. The molecule has 0 radical (unpaired) electrons. The Balaban J connectivity index is 1.47. The van der Waals surface area contributed by atoms with E-state index in [0.717, 1.165) is 33.6 Å². The number of hydrogen-bond acceptors (Lipinski definition) is 9. The van der Waals surface area contributed by atoms with Gasteiger partial charge in [-0.2, -0.15) is 4.98 Å². The van der Waals surface area contributed by atoms with E-state index in [1.165, 1.54) is 30.6 Å².